The largest absolute Gasteiger partial charge is 0.500 e. The predicted octanol–water partition coefficient (Wildman–Crippen LogP) is -0.103. The van der Waals surface area contributed by atoms with Gasteiger partial charge in [0.05, 0.1) is 6.61 Å². The van der Waals surface area contributed by atoms with E-state index < -0.39 is 14.8 Å². The summed E-state index contributed by atoms with van der Waals surface area (Å²) in [6, 6.07) is 0.612. The van der Waals surface area contributed by atoms with Gasteiger partial charge in [-0.1, -0.05) is 6.58 Å². The first-order valence-corrected chi connectivity index (χ1v) is 8.15. The normalized spacial score (nSPS) is 10.4. The van der Waals surface area contributed by atoms with Crippen LogP contribution in [-0.4, -0.2) is 60.3 Å². The highest BCUT2D eigenvalue weighted by molar-refractivity contribution is 6.60. The van der Waals surface area contributed by atoms with E-state index in [9.17, 15) is 4.79 Å². The van der Waals surface area contributed by atoms with Crippen molar-refractivity contribution in [3.63, 3.8) is 0 Å². The second-order valence-electron chi connectivity index (χ2n) is 3.18. The number of carbonyl (C=O) groups is 1. The third-order valence-electron chi connectivity index (χ3n) is 1.97. The van der Waals surface area contributed by atoms with Gasteiger partial charge in [0.25, 0.3) is 0 Å². The maximum Gasteiger partial charge on any atom is 0.500 e. The average molecular weight is 296 g/mol. The molecule has 0 aromatic rings. The van der Waals surface area contributed by atoms with Crippen molar-refractivity contribution in [2.24, 2.45) is 0 Å². The summed E-state index contributed by atoms with van der Waals surface area (Å²) in [6.45, 7) is 3.61. The quantitative estimate of drug-likeness (QED) is 0.270. The SMILES string of the molecule is C=CC(=O)OCCC[Si](OC)(OC)OC.CO[SiH3]. The minimum absolute atomic E-state index is 0.315. The minimum atomic E-state index is -2.52. The molecule has 0 aliphatic heterocycles. The lowest BCUT2D eigenvalue weighted by Crippen LogP contribution is -2.42. The van der Waals surface area contributed by atoms with Crippen LogP contribution in [0.5, 0.6) is 0 Å². The van der Waals surface area contributed by atoms with Crippen molar-refractivity contribution >= 4 is 25.3 Å². The Morgan fingerprint density at radius 3 is 2.00 bits per heavy atom. The van der Waals surface area contributed by atoms with E-state index in [1.807, 2.05) is 0 Å². The van der Waals surface area contributed by atoms with E-state index in [4.69, 9.17) is 18.0 Å². The van der Waals surface area contributed by atoms with Gasteiger partial charge in [-0.2, -0.15) is 0 Å². The molecular weight excluding hydrogens is 272 g/mol. The number of ether oxygens (including phenoxy) is 1. The number of esters is 1. The maximum absolute atomic E-state index is 10.7. The lowest BCUT2D eigenvalue weighted by Gasteiger charge is -2.23. The van der Waals surface area contributed by atoms with Crippen LogP contribution < -0.4 is 0 Å². The van der Waals surface area contributed by atoms with Gasteiger partial charge >= 0.3 is 14.8 Å². The predicted molar refractivity (Wildman–Crippen MR) is 74.3 cm³/mol. The van der Waals surface area contributed by atoms with E-state index in [1.54, 1.807) is 28.4 Å². The van der Waals surface area contributed by atoms with E-state index >= 15 is 0 Å². The molecule has 0 aromatic heterocycles. The van der Waals surface area contributed by atoms with Crippen molar-refractivity contribution in [2.45, 2.75) is 12.5 Å². The highest BCUT2D eigenvalue weighted by Crippen LogP contribution is 2.14. The molecule has 0 spiro atoms. The Labute approximate surface area is 113 Å². The van der Waals surface area contributed by atoms with Crippen LogP contribution in [0.2, 0.25) is 6.04 Å². The lowest BCUT2D eigenvalue weighted by atomic mass is 10.5. The zero-order chi connectivity index (χ0) is 14.4. The van der Waals surface area contributed by atoms with Crippen LogP contribution in [0.4, 0.5) is 0 Å². The molecule has 0 saturated heterocycles. The minimum Gasteiger partial charge on any atom is -0.463 e. The molecule has 0 aliphatic carbocycles. The van der Waals surface area contributed by atoms with Crippen molar-refractivity contribution in [3.8, 4) is 0 Å². The third-order valence-corrected chi connectivity index (χ3v) is 4.80. The molecule has 0 rings (SSSR count). The number of hydrogen-bond acceptors (Lipinski definition) is 6. The highest BCUT2D eigenvalue weighted by atomic mass is 28.4. The summed E-state index contributed by atoms with van der Waals surface area (Å²) in [5.41, 5.74) is 0. The monoisotopic (exact) mass is 296 g/mol. The van der Waals surface area contributed by atoms with Crippen LogP contribution in [0.15, 0.2) is 12.7 Å². The van der Waals surface area contributed by atoms with Gasteiger partial charge in [-0.05, 0) is 6.42 Å². The summed E-state index contributed by atoms with van der Waals surface area (Å²) in [6.07, 6.45) is 1.77. The second kappa shape index (κ2) is 12.9. The molecule has 0 saturated carbocycles. The Morgan fingerprint density at radius 1 is 1.22 bits per heavy atom. The fourth-order valence-corrected chi connectivity index (χ4v) is 2.77. The van der Waals surface area contributed by atoms with Gasteiger partial charge < -0.3 is 22.4 Å². The molecule has 0 radical (unpaired) electrons. The van der Waals surface area contributed by atoms with Crippen LogP contribution >= 0.6 is 0 Å². The van der Waals surface area contributed by atoms with Gasteiger partial charge in [0.2, 0.25) is 0 Å². The molecule has 0 N–H and O–H groups in total. The topological polar surface area (TPSA) is 63.2 Å². The summed E-state index contributed by atoms with van der Waals surface area (Å²) >= 11 is 0. The summed E-state index contributed by atoms with van der Waals surface area (Å²) in [7, 11) is 4.69. The van der Waals surface area contributed by atoms with E-state index in [1.165, 1.54) is 0 Å². The lowest BCUT2D eigenvalue weighted by molar-refractivity contribution is -0.137. The van der Waals surface area contributed by atoms with E-state index in [0.717, 1.165) is 16.6 Å². The molecule has 0 heterocycles. The van der Waals surface area contributed by atoms with Crippen LogP contribution in [0.1, 0.15) is 6.42 Å². The highest BCUT2D eigenvalue weighted by Gasteiger charge is 2.36. The molecule has 0 unspecified atom stereocenters. The summed E-state index contributed by atoms with van der Waals surface area (Å²) < 4.78 is 24.8. The fraction of sp³-hybridized carbons (Fsp3) is 0.700. The second-order valence-corrected chi connectivity index (χ2v) is 7.09. The van der Waals surface area contributed by atoms with Crippen molar-refractivity contribution in [1.29, 1.82) is 0 Å². The van der Waals surface area contributed by atoms with Gasteiger partial charge in [-0.3, -0.25) is 0 Å². The first kappa shape index (κ1) is 19.8. The zero-order valence-corrected chi connectivity index (χ0v) is 14.9. The molecule has 18 heavy (non-hydrogen) atoms. The van der Waals surface area contributed by atoms with Crippen molar-refractivity contribution < 1.29 is 27.2 Å². The van der Waals surface area contributed by atoms with Crippen molar-refractivity contribution in [3.05, 3.63) is 12.7 Å². The molecule has 0 bridgehead atoms. The average Bonchev–Trinajstić information content (AvgIpc) is 2.40. The molecule has 0 atom stereocenters. The third kappa shape index (κ3) is 9.51. The van der Waals surface area contributed by atoms with Crippen molar-refractivity contribution in [1.82, 2.24) is 0 Å². The molecule has 108 valence electrons. The van der Waals surface area contributed by atoms with Gasteiger partial charge in [0.15, 0.2) is 0 Å². The van der Waals surface area contributed by atoms with E-state index in [2.05, 4.69) is 11.0 Å². The Bertz CT molecular complexity index is 212. The zero-order valence-electron chi connectivity index (χ0n) is 11.9. The first-order chi connectivity index (χ1) is 8.55. The Balaban J connectivity index is 0. The molecule has 0 amide bonds. The van der Waals surface area contributed by atoms with Gasteiger partial charge in [0.1, 0.15) is 10.5 Å². The van der Waals surface area contributed by atoms with Gasteiger partial charge in [-0.25, -0.2) is 4.79 Å². The summed E-state index contributed by atoms with van der Waals surface area (Å²) in [4.78, 5) is 10.7. The fourth-order valence-electron chi connectivity index (χ4n) is 1.08. The number of rotatable bonds is 8. The molecule has 6 nitrogen and oxygen atoms in total. The first-order valence-electron chi connectivity index (χ1n) is 5.40. The van der Waals surface area contributed by atoms with Crippen LogP contribution in [0.25, 0.3) is 0 Å². The van der Waals surface area contributed by atoms with E-state index in [0.29, 0.717) is 19.1 Å². The van der Waals surface area contributed by atoms with Gasteiger partial charge in [0, 0.05) is 40.6 Å². The molecular formula is C10H24O6Si2. The Hall–Kier alpha value is -0.516. The number of hydrogen-bond donors (Lipinski definition) is 0. The molecule has 0 aliphatic rings. The van der Waals surface area contributed by atoms with Crippen LogP contribution in [0.3, 0.4) is 0 Å². The van der Waals surface area contributed by atoms with Gasteiger partial charge in [-0.15, -0.1) is 0 Å². The summed E-state index contributed by atoms with van der Waals surface area (Å²) in [5, 5.41) is 0. The van der Waals surface area contributed by atoms with E-state index in [-0.39, 0.29) is 0 Å². The Morgan fingerprint density at radius 2 is 1.67 bits per heavy atom. The molecule has 0 aromatic carbocycles. The standard InChI is InChI=1S/C9H18O5Si.CH6OSi/c1-5-9(10)14-7-6-8-15(11-2,12-3)13-4;1-2-3/h5H,1,6-8H2,2-4H3;1,3H3. The summed E-state index contributed by atoms with van der Waals surface area (Å²) in [5.74, 6) is -0.422. The number of carbonyl (C=O) groups excluding carboxylic acids is 1. The van der Waals surface area contributed by atoms with Crippen LogP contribution in [0, 0.1) is 0 Å². The smallest absolute Gasteiger partial charge is 0.463 e. The Kier molecular flexibility index (Phi) is 14.2. The molecule has 8 heteroatoms. The van der Waals surface area contributed by atoms with Crippen molar-refractivity contribution in [2.75, 3.05) is 35.0 Å². The molecule has 0 fully saturated rings. The van der Waals surface area contributed by atoms with Crippen LogP contribution in [-0.2, 0) is 27.2 Å². The maximum atomic E-state index is 10.7.